The smallest absolute Gasteiger partial charge is 0.330 e. The maximum Gasteiger partial charge on any atom is 0.330 e. The molecule has 1 aliphatic rings. The third-order valence-corrected chi connectivity index (χ3v) is 6.58. The number of carbonyl (C=O) groups is 2. The average Bonchev–Trinajstić information content (AvgIpc) is 3.25. The first kappa shape index (κ1) is 27.5. The summed E-state index contributed by atoms with van der Waals surface area (Å²) >= 11 is 0. The monoisotopic (exact) mass is 564 g/mol. The lowest BCUT2D eigenvalue weighted by molar-refractivity contribution is 0.0971. The number of rotatable bonds is 6. The number of benzene rings is 2. The number of anilines is 2. The van der Waals surface area contributed by atoms with Gasteiger partial charge in [0.2, 0.25) is 0 Å². The predicted octanol–water partition coefficient (Wildman–Crippen LogP) is 4.18. The number of piperidine rings is 1. The van der Waals surface area contributed by atoms with Crippen molar-refractivity contribution in [2.75, 3.05) is 23.7 Å². The first-order valence-electron chi connectivity index (χ1n) is 12.7. The molecule has 11 nitrogen and oxygen atoms in total. The minimum atomic E-state index is -0.772. The van der Waals surface area contributed by atoms with Gasteiger partial charge < -0.3 is 25.0 Å². The van der Waals surface area contributed by atoms with E-state index in [1.165, 1.54) is 59.3 Å². The molecule has 41 heavy (non-hydrogen) atoms. The van der Waals surface area contributed by atoms with E-state index in [1.54, 1.807) is 11.8 Å². The summed E-state index contributed by atoms with van der Waals surface area (Å²) in [5.74, 6) is -1.62. The summed E-state index contributed by atoms with van der Waals surface area (Å²) in [6.07, 6.45) is 1.99. The standard InChI is InChI=1S/C28H26F2N6O5/c1-16-25(34-28(40)36(16)19-5-2-17(29)3-6-19)26(38)32-18-4-7-23(22(30)14-18)41-21-8-11-31-24(15-21)33-27(39)35-12-9-20(37)10-13-35/h2-8,11,14-15,20,37H,9-10,12-13H2,1H3,(H,32,38)(H,34,40)(H,31,33,39). The van der Waals surface area contributed by atoms with Crippen LogP contribution in [0.15, 0.2) is 65.6 Å². The highest BCUT2D eigenvalue weighted by atomic mass is 19.1. The highest BCUT2D eigenvalue weighted by molar-refractivity contribution is 6.03. The molecular formula is C28H26F2N6O5. The van der Waals surface area contributed by atoms with Gasteiger partial charge in [-0.05, 0) is 62.2 Å². The van der Waals surface area contributed by atoms with Crippen LogP contribution in [-0.2, 0) is 0 Å². The van der Waals surface area contributed by atoms with Gasteiger partial charge >= 0.3 is 11.7 Å². The zero-order chi connectivity index (χ0) is 29.1. The molecule has 0 unspecified atom stereocenters. The van der Waals surface area contributed by atoms with Crippen molar-refractivity contribution in [1.82, 2.24) is 19.4 Å². The maximum atomic E-state index is 14.9. The minimum Gasteiger partial charge on any atom is -0.454 e. The molecule has 4 N–H and O–H groups in total. The van der Waals surface area contributed by atoms with Gasteiger partial charge in [-0.3, -0.25) is 14.7 Å². The van der Waals surface area contributed by atoms with Crippen LogP contribution in [0.4, 0.5) is 25.1 Å². The molecule has 3 heterocycles. The molecule has 2 aromatic heterocycles. The number of halogens is 2. The third-order valence-electron chi connectivity index (χ3n) is 6.58. The van der Waals surface area contributed by atoms with Crippen LogP contribution < -0.4 is 21.1 Å². The summed E-state index contributed by atoms with van der Waals surface area (Å²) < 4.78 is 35.0. The van der Waals surface area contributed by atoms with Crippen molar-refractivity contribution in [3.63, 3.8) is 0 Å². The number of urea groups is 1. The normalized spacial score (nSPS) is 13.6. The lowest BCUT2D eigenvalue weighted by atomic mass is 10.1. The Morgan fingerprint density at radius 1 is 1.05 bits per heavy atom. The van der Waals surface area contributed by atoms with Crippen LogP contribution in [0.5, 0.6) is 11.5 Å². The molecular weight excluding hydrogens is 538 g/mol. The van der Waals surface area contributed by atoms with E-state index in [9.17, 15) is 28.3 Å². The maximum absolute atomic E-state index is 14.9. The first-order valence-corrected chi connectivity index (χ1v) is 12.7. The molecule has 0 radical (unpaired) electrons. The van der Waals surface area contributed by atoms with Crippen molar-refractivity contribution in [2.45, 2.75) is 25.9 Å². The molecule has 3 amide bonds. The molecule has 1 fully saturated rings. The second kappa shape index (κ2) is 11.6. The van der Waals surface area contributed by atoms with Crippen LogP contribution in [0, 0.1) is 18.6 Å². The van der Waals surface area contributed by atoms with E-state index in [0.717, 1.165) is 6.07 Å². The van der Waals surface area contributed by atoms with Crippen LogP contribution in [0.3, 0.4) is 0 Å². The molecule has 0 saturated carbocycles. The van der Waals surface area contributed by atoms with Gasteiger partial charge in [0.1, 0.15) is 23.1 Å². The second-order valence-corrected chi connectivity index (χ2v) is 9.43. The van der Waals surface area contributed by atoms with Gasteiger partial charge in [-0.25, -0.2) is 23.4 Å². The van der Waals surface area contributed by atoms with E-state index < -0.39 is 29.3 Å². The number of H-pyrrole nitrogens is 1. The van der Waals surface area contributed by atoms with Gasteiger partial charge in [0, 0.05) is 37.1 Å². The summed E-state index contributed by atoms with van der Waals surface area (Å²) in [4.78, 5) is 46.0. The molecule has 0 atom stereocenters. The Labute approximate surface area is 232 Å². The number of aliphatic hydroxyl groups is 1. The first-order chi connectivity index (χ1) is 19.7. The summed E-state index contributed by atoms with van der Waals surface area (Å²) in [5.41, 5.74) is 0.160. The van der Waals surface area contributed by atoms with E-state index in [4.69, 9.17) is 4.74 Å². The Morgan fingerprint density at radius 2 is 1.78 bits per heavy atom. The molecule has 0 spiro atoms. The van der Waals surface area contributed by atoms with Crippen LogP contribution >= 0.6 is 0 Å². The quantitative estimate of drug-likeness (QED) is 0.277. The number of nitrogens with one attached hydrogen (secondary N) is 3. The third kappa shape index (κ3) is 6.25. The largest absolute Gasteiger partial charge is 0.454 e. The fraction of sp³-hybridized carbons (Fsp3) is 0.214. The lowest BCUT2D eigenvalue weighted by Crippen LogP contribution is -2.42. The number of amides is 3. The molecule has 5 rings (SSSR count). The number of pyridine rings is 1. The van der Waals surface area contributed by atoms with Crippen LogP contribution in [0.2, 0.25) is 0 Å². The van der Waals surface area contributed by atoms with Crippen molar-refractivity contribution in [1.29, 1.82) is 0 Å². The number of imidazole rings is 1. The van der Waals surface area contributed by atoms with Crippen molar-refractivity contribution >= 4 is 23.4 Å². The van der Waals surface area contributed by atoms with E-state index >= 15 is 0 Å². The second-order valence-electron chi connectivity index (χ2n) is 9.43. The molecule has 0 bridgehead atoms. The fourth-order valence-corrected chi connectivity index (χ4v) is 4.42. The van der Waals surface area contributed by atoms with Gasteiger partial charge in [-0.15, -0.1) is 0 Å². The number of carbonyl (C=O) groups excluding carboxylic acids is 2. The van der Waals surface area contributed by atoms with Gasteiger partial charge in [0.25, 0.3) is 5.91 Å². The highest BCUT2D eigenvalue weighted by Crippen LogP contribution is 2.28. The molecule has 1 saturated heterocycles. The molecule has 13 heteroatoms. The SMILES string of the molecule is Cc1c(C(=O)Nc2ccc(Oc3ccnc(NC(=O)N4CCC(O)CC4)c3)c(F)c2)[nH]c(=O)n1-c1ccc(F)cc1. The Hall–Kier alpha value is -5.04. The Bertz CT molecular complexity index is 1640. The summed E-state index contributed by atoms with van der Waals surface area (Å²) in [5, 5.41) is 14.8. The van der Waals surface area contributed by atoms with Crippen molar-refractivity contribution in [3.8, 4) is 17.2 Å². The number of hydrogen-bond donors (Lipinski definition) is 4. The molecule has 212 valence electrons. The summed E-state index contributed by atoms with van der Waals surface area (Å²) in [7, 11) is 0. The average molecular weight is 565 g/mol. The number of hydrogen-bond acceptors (Lipinski definition) is 6. The summed E-state index contributed by atoms with van der Waals surface area (Å²) in [6, 6.07) is 11.6. The zero-order valence-corrected chi connectivity index (χ0v) is 21.9. The minimum absolute atomic E-state index is 0.0350. The van der Waals surface area contributed by atoms with Crippen LogP contribution in [0.1, 0.15) is 29.0 Å². The molecule has 0 aliphatic carbocycles. The van der Waals surface area contributed by atoms with Crippen LogP contribution in [0.25, 0.3) is 5.69 Å². The molecule has 1 aliphatic heterocycles. The zero-order valence-electron chi connectivity index (χ0n) is 21.9. The Balaban J connectivity index is 1.24. The topological polar surface area (TPSA) is 142 Å². The summed E-state index contributed by atoms with van der Waals surface area (Å²) in [6.45, 7) is 2.40. The van der Waals surface area contributed by atoms with Gasteiger partial charge in [-0.2, -0.15) is 0 Å². The van der Waals surface area contributed by atoms with Crippen molar-refractivity contribution in [2.24, 2.45) is 0 Å². The van der Waals surface area contributed by atoms with E-state index in [2.05, 4.69) is 20.6 Å². The number of nitrogens with zero attached hydrogens (tertiary/aromatic N) is 3. The Morgan fingerprint density at radius 3 is 2.49 bits per heavy atom. The fourth-order valence-electron chi connectivity index (χ4n) is 4.42. The number of aromatic amines is 1. The predicted molar refractivity (Wildman–Crippen MR) is 146 cm³/mol. The number of aromatic nitrogens is 3. The number of ether oxygens (including phenoxy) is 1. The van der Waals surface area contributed by atoms with Crippen molar-refractivity contribution in [3.05, 3.63) is 94.3 Å². The van der Waals surface area contributed by atoms with E-state index in [0.29, 0.717) is 31.6 Å². The van der Waals surface area contributed by atoms with Gasteiger partial charge in [-0.1, -0.05) is 0 Å². The van der Waals surface area contributed by atoms with E-state index in [-0.39, 0.29) is 40.4 Å². The van der Waals surface area contributed by atoms with Gasteiger partial charge in [0.15, 0.2) is 11.6 Å². The number of likely N-dealkylation sites (tertiary alicyclic amines) is 1. The highest BCUT2D eigenvalue weighted by Gasteiger charge is 2.22. The van der Waals surface area contributed by atoms with E-state index in [1.807, 2.05) is 0 Å². The number of aliphatic hydroxyl groups excluding tert-OH is 1. The van der Waals surface area contributed by atoms with Gasteiger partial charge in [0.05, 0.1) is 17.5 Å². The van der Waals surface area contributed by atoms with Crippen LogP contribution in [-0.4, -0.2) is 55.7 Å². The Kier molecular flexibility index (Phi) is 7.79. The molecule has 4 aromatic rings. The molecule has 2 aromatic carbocycles. The van der Waals surface area contributed by atoms with Crippen molar-refractivity contribution < 1.29 is 28.2 Å². The lowest BCUT2D eigenvalue weighted by Gasteiger charge is -2.29.